The molecule has 1 aliphatic rings. The van der Waals surface area contributed by atoms with Crippen molar-refractivity contribution < 1.29 is 31.9 Å². The van der Waals surface area contributed by atoms with Crippen LogP contribution in [0, 0.1) is 5.82 Å². The van der Waals surface area contributed by atoms with Gasteiger partial charge in [0.15, 0.2) is 0 Å². The average Bonchev–Trinajstić information content (AvgIpc) is 3.14. The van der Waals surface area contributed by atoms with E-state index in [2.05, 4.69) is 5.32 Å². The van der Waals surface area contributed by atoms with Gasteiger partial charge in [-0.15, -0.1) is 0 Å². The highest BCUT2D eigenvalue weighted by Gasteiger charge is 2.41. The van der Waals surface area contributed by atoms with Gasteiger partial charge in [-0.1, -0.05) is 36.4 Å². The summed E-state index contributed by atoms with van der Waals surface area (Å²) in [5, 5.41) is 4.36. The fourth-order valence-corrected chi connectivity index (χ4v) is 3.16. The second kappa shape index (κ2) is 9.02. The van der Waals surface area contributed by atoms with Gasteiger partial charge in [0.1, 0.15) is 12.4 Å². The molecule has 0 saturated carbocycles. The van der Waals surface area contributed by atoms with E-state index in [1.165, 1.54) is 23.1 Å². The Balaban J connectivity index is 1.65. The molecule has 1 fully saturated rings. The molecule has 3 rings (SSSR count). The Morgan fingerprint density at radius 1 is 1.10 bits per heavy atom. The van der Waals surface area contributed by atoms with Gasteiger partial charge >= 0.3 is 18.2 Å². The van der Waals surface area contributed by atoms with Crippen LogP contribution in [-0.2, 0) is 16.1 Å². The van der Waals surface area contributed by atoms with E-state index in [9.17, 15) is 27.2 Å². The third-order valence-corrected chi connectivity index (χ3v) is 4.53. The molecule has 160 valence electrons. The minimum Gasteiger partial charge on any atom is -0.444 e. The van der Waals surface area contributed by atoms with Crippen molar-refractivity contribution >= 4 is 23.4 Å². The zero-order chi connectivity index (χ0) is 21.7. The van der Waals surface area contributed by atoms with Crippen LogP contribution in [0.2, 0.25) is 0 Å². The van der Waals surface area contributed by atoms with E-state index < -0.39 is 30.0 Å². The first kappa shape index (κ1) is 21.4. The number of nitrogens with one attached hydrogen (secondary N) is 2. The van der Waals surface area contributed by atoms with Gasteiger partial charge < -0.3 is 15.0 Å². The normalized spacial score (nSPS) is 16.3. The second-order valence-corrected chi connectivity index (χ2v) is 6.73. The quantitative estimate of drug-likeness (QED) is 0.715. The molecule has 0 radical (unpaired) electrons. The lowest BCUT2D eigenvalue weighted by Crippen LogP contribution is -2.44. The van der Waals surface area contributed by atoms with Gasteiger partial charge in [0, 0.05) is 19.1 Å². The van der Waals surface area contributed by atoms with Crippen molar-refractivity contribution in [3.05, 3.63) is 59.9 Å². The molecule has 6 nitrogen and oxygen atoms in total. The van der Waals surface area contributed by atoms with Gasteiger partial charge in [0.2, 0.25) is 0 Å². The van der Waals surface area contributed by atoms with Crippen molar-refractivity contribution in [2.75, 3.05) is 23.3 Å². The summed E-state index contributed by atoms with van der Waals surface area (Å²) in [7, 11) is 0. The molecule has 2 N–H and O–H groups in total. The second-order valence-electron chi connectivity index (χ2n) is 6.73. The Hall–Kier alpha value is -3.30. The van der Waals surface area contributed by atoms with E-state index >= 15 is 0 Å². The molecule has 10 heteroatoms. The van der Waals surface area contributed by atoms with E-state index in [0.29, 0.717) is 0 Å². The predicted octanol–water partition coefficient (Wildman–Crippen LogP) is 3.83. The number of carbonyl (C=O) groups excluding carboxylic acids is 2. The summed E-state index contributed by atoms with van der Waals surface area (Å²) in [4.78, 5) is 24.7. The van der Waals surface area contributed by atoms with Crippen LogP contribution in [0.4, 0.5) is 33.7 Å². The number of carbonyl (C=O) groups is 2. The number of para-hydroxylation sites is 1. The lowest BCUT2D eigenvalue weighted by molar-refractivity contribution is -0.174. The van der Waals surface area contributed by atoms with Crippen LogP contribution < -0.4 is 15.5 Å². The SMILES string of the molecule is O=C(Nc1cccc(F)c1N1CCC(NC(=O)C(F)(F)F)C1)OCc1ccccc1. The minimum absolute atomic E-state index is 0.0204. The average molecular weight is 425 g/mol. The summed E-state index contributed by atoms with van der Waals surface area (Å²) < 4.78 is 56.9. The van der Waals surface area contributed by atoms with E-state index in [-0.39, 0.29) is 37.5 Å². The molecule has 2 aromatic carbocycles. The highest BCUT2D eigenvalue weighted by atomic mass is 19.4. The predicted molar refractivity (Wildman–Crippen MR) is 101 cm³/mol. The number of hydrogen-bond acceptors (Lipinski definition) is 4. The van der Waals surface area contributed by atoms with Gasteiger partial charge in [-0.05, 0) is 24.1 Å². The number of hydrogen-bond donors (Lipinski definition) is 2. The zero-order valence-corrected chi connectivity index (χ0v) is 15.7. The van der Waals surface area contributed by atoms with Gasteiger partial charge in [-0.2, -0.15) is 13.2 Å². The number of ether oxygens (including phenoxy) is 1. The largest absolute Gasteiger partial charge is 0.471 e. The van der Waals surface area contributed by atoms with Crippen LogP contribution >= 0.6 is 0 Å². The van der Waals surface area contributed by atoms with Crippen molar-refractivity contribution in [2.45, 2.75) is 25.2 Å². The molecule has 30 heavy (non-hydrogen) atoms. The smallest absolute Gasteiger partial charge is 0.444 e. The third kappa shape index (κ3) is 5.40. The fraction of sp³-hybridized carbons (Fsp3) is 0.300. The molecular weight excluding hydrogens is 406 g/mol. The first-order chi connectivity index (χ1) is 14.2. The molecule has 1 aliphatic heterocycles. The Bertz CT molecular complexity index is 906. The highest BCUT2D eigenvalue weighted by molar-refractivity contribution is 5.90. The maximum atomic E-state index is 14.5. The summed E-state index contributed by atoms with van der Waals surface area (Å²) in [6.45, 7) is 0.195. The molecule has 2 amide bonds. The number of rotatable bonds is 5. The number of alkyl halides is 3. The zero-order valence-electron chi connectivity index (χ0n) is 15.7. The van der Waals surface area contributed by atoms with Gasteiger partial charge in [-0.25, -0.2) is 9.18 Å². The van der Waals surface area contributed by atoms with Crippen LogP contribution in [0.15, 0.2) is 48.5 Å². The lowest BCUT2D eigenvalue weighted by atomic mass is 10.2. The van der Waals surface area contributed by atoms with Gasteiger partial charge in [0.05, 0.1) is 11.4 Å². The van der Waals surface area contributed by atoms with Crippen molar-refractivity contribution in [1.82, 2.24) is 5.32 Å². The summed E-state index contributed by atoms with van der Waals surface area (Å²) in [5.74, 6) is -2.69. The Morgan fingerprint density at radius 3 is 2.53 bits per heavy atom. The van der Waals surface area contributed by atoms with Gasteiger partial charge in [0.25, 0.3) is 0 Å². The molecule has 0 bridgehead atoms. The maximum absolute atomic E-state index is 14.5. The summed E-state index contributed by atoms with van der Waals surface area (Å²) in [6, 6.07) is 12.2. The number of halogens is 4. The van der Waals surface area contributed by atoms with Crippen LogP contribution in [0.3, 0.4) is 0 Å². The molecule has 1 heterocycles. The molecule has 2 aromatic rings. The number of benzene rings is 2. The van der Waals surface area contributed by atoms with Crippen LogP contribution in [0.5, 0.6) is 0 Å². The minimum atomic E-state index is -4.99. The van der Waals surface area contributed by atoms with E-state index in [4.69, 9.17) is 4.74 Å². The summed E-state index contributed by atoms with van der Waals surface area (Å²) in [6.07, 6.45) is -5.58. The lowest BCUT2D eigenvalue weighted by Gasteiger charge is -2.23. The molecular formula is C20H19F4N3O3. The Labute approximate surface area is 169 Å². The molecule has 0 aliphatic carbocycles. The first-order valence-electron chi connectivity index (χ1n) is 9.13. The van der Waals surface area contributed by atoms with Crippen LogP contribution in [0.25, 0.3) is 0 Å². The Morgan fingerprint density at radius 2 is 1.83 bits per heavy atom. The van der Waals surface area contributed by atoms with E-state index in [0.717, 1.165) is 5.56 Å². The van der Waals surface area contributed by atoms with Crippen molar-refractivity contribution in [3.63, 3.8) is 0 Å². The molecule has 1 atom stereocenters. The maximum Gasteiger partial charge on any atom is 0.471 e. The van der Waals surface area contributed by atoms with E-state index in [1.807, 2.05) is 11.4 Å². The van der Waals surface area contributed by atoms with Crippen molar-refractivity contribution in [2.24, 2.45) is 0 Å². The first-order valence-corrected chi connectivity index (χ1v) is 9.13. The highest BCUT2D eigenvalue weighted by Crippen LogP contribution is 2.32. The summed E-state index contributed by atoms with van der Waals surface area (Å²) in [5.41, 5.74) is 0.920. The fourth-order valence-electron chi connectivity index (χ4n) is 3.16. The van der Waals surface area contributed by atoms with Gasteiger partial charge in [-0.3, -0.25) is 10.1 Å². The van der Waals surface area contributed by atoms with Crippen LogP contribution in [0.1, 0.15) is 12.0 Å². The standard InChI is InChI=1S/C20H19F4N3O3/c21-15-7-4-8-16(26-19(29)30-12-13-5-2-1-3-6-13)17(15)27-10-9-14(11-27)25-18(28)20(22,23)24/h1-8,14H,9-12H2,(H,25,28)(H,26,29). The Kier molecular flexibility index (Phi) is 6.43. The molecule has 0 aromatic heterocycles. The molecule has 1 unspecified atom stereocenters. The van der Waals surface area contributed by atoms with Crippen molar-refractivity contribution in [3.8, 4) is 0 Å². The third-order valence-electron chi connectivity index (χ3n) is 4.53. The number of anilines is 2. The molecule has 1 saturated heterocycles. The van der Waals surface area contributed by atoms with Crippen molar-refractivity contribution in [1.29, 1.82) is 0 Å². The monoisotopic (exact) mass is 425 g/mol. The van der Waals surface area contributed by atoms with E-state index in [1.54, 1.807) is 24.3 Å². The molecule has 0 spiro atoms. The number of nitrogens with zero attached hydrogens (tertiary/aromatic N) is 1. The topological polar surface area (TPSA) is 70.7 Å². The van der Waals surface area contributed by atoms with Crippen LogP contribution in [-0.4, -0.2) is 37.3 Å². The summed E-state index contributed by atoms with van der Waals surface area (Å²) >= 11 is 0. The number of amides is 2.